The Morgan fingerprint density at radius 1 is 1.42 bits per heavy atom. The average Bonchev–Trinajstić information content (AvgIpc) is 2.55. The van der Waals surface area contributed by atoms with E-state index in [1.165, 1.54) is 11.9 Å². The van der Waals surface area contributed by atoms with Crippen molar-refractivity contribution >= 4 is 23.8 Å². The number of carboxylic acids is 1. The molecule has 0 saturated carbocycles. The molecule has 19 heavy (non-hydrogen) atoms. The zero-order valence-electron chi connectivity index (χ0n) is 10.3. The van der Waals surface area contributed by atoms with Crippen LogP contribution in [0.2, 0.25) is 0 Å². The van der Waals surface area contributed by atoms with Gasteiger partial charge in [0.15, 0.2) is 6.10 Å². The number of imide groups is 1. The molecular weight excluding hydrogens is 258 g/mol. The number of aliphatic hydroxyl groups excluding tert-OH is 1. The van der Waals surface area contributed by atoms with Gasteiger partial charge in [-0.25, -0.2) is 9.59 Å². The van der Waals surface area contributed by atoms with E-state index in [-0.39, 0.29) is 19.5 Å². The van der Waals surface area contributed by atoms with E-state index in [1.807, 2.05) is 0 Å². The zero-order chi connectivity index (χ0) is 14.6. The third kappa shape index (κ3) is 3.91. The van der Waals surface area contributed by atoms with Crippen LogP contribution < -0.4 is 5.32 Å². The fraction of sp³-hybridized carbons (Fsp3) is 0.600. The highest BCUT2D eigenvalue weighted by Gasteiger charge is 2.34. The summed E-state index contributed by atoms with van der Waals surface area (Å²) >= 11 is 0. The van der Waals surface area contributed by atoms with Crippen molar-refractivity contribution in [3.8, 4) is 0 Å². The van der Waals surface area contributed by atoms with Crippen LogP contribution in [0, 0.1) is 0 Å². The molecule has 1 fully saturated rings. The van der Waals surface area contributed by atoms with Crippen molar-refractivity contribution in [1.82, 2.24) is 15.1 Å². The zero-order valence-corrected chi connectivity index (χ0v) is 10.3. The maximum absolute atomic E-state index is 11.5. The summed E-state index contributed by atoms with van der Waals surface area (Å²) in [7, 11) is 1.45. The number of rotatable bonds is 6. The lowest BCUT2D eigenvalue weighted by Gasteiger charge is -2.14. The monoisotopic (exact) mass is 273 g/mol. The van der Waals surface area contributed by atoms with Crippen molar-refractivity contribution in [2.75, 3.05) is 26.7 Å². The van der Waals surface area contributed by atoms with Gasteiger partial charge in [0.2, 0.25) is 5.91 Å². The minimum absolute atomic E-state index is 0.0572. The summed E-state index contributed by atoms with van der Waals surface area (Å²) in [5.74, 6) is -2.43. The predicted molar refractivity (Wildman–Crippen MR) is 61.0 cm³/mol. The summed E-state index contributed by atoms with van der Waals surface area (Å²) in [5, 5.41) is 19.7. The Bertz CT molecular complexity index is 410. The minimum atomic E-state index is -1.55. The standard InChI is InChI=1S/C10H15N3O6/c1-12-5-8(16)13(10(12)19)4-7(15)11-3-2-6(14)9(17)18/h6,14H,2-5H2,1H3,(H,11,15)(H,17,18). The summed E-state index contributed by atoms with van der Waals surface area (Å²) in [6.07, 6.45) is -1.70. The number of urea groups is 1. The first-order valence-corrected chi connectivity index (χ1v) is 5.56. The quantitative estimate of drug-likeness (QED) is 0.473. The second kappa shape index (κ2) is 6.14. The molecule has 9 heteroatoms. The smallest absolute Gasteiger partial charge is 0.332 e. The molecule has 4 amide bonds. The SMILES string of the molecule is CN1CC(=O)N(CC(=O)NCCC(O)C(=O)O)C1=O. The number of carboxylic acid groups (broad SMARTS) is 1. The van der Waals surface area contributed by atoms with Gasteiger partial charge in [-0.2, -0.15) is 0 Å². The number of hydrogen-bond acceptors (Lipinski definition) is 5. The number of hydrogen-bond donors (Lipinski definition) is 3. The summed E-state index contributed by atoms with van der Waals surface area (Å²) in [6.45, 7) is -0.534. The van der Waals surface area contributed by atoms with Crippen LogP contribution in [0.5, 0.6) is 0 Å². The van der Waals surface area contributed by atoms with Crippen LogP contribution in [0.15, 0.2) is 0 Å². The molecule has 106 valence electrons. The maximum Gasteiger partial charge on any atom is 0.332 e. The summed E-state index contributed by atoms with van der Waals surface area (Å²) < 4.78 is 0. The molecule has 1 aliphatic heterocycles. The molecule has 1 saturated heterocycles. The van der Waals surface area contributed by atoms with Crippen LogP contribution >= 0.6 is 0 Å². The molecule has 0 aromatic rings. The van der Waals surface area contributed by atoms with Crippen molar-refractivity contribution in [3.05, 3.63) is 0 Å². The van der Waals surface area contributed by atoms with Crippen molar-refractivity contribution in [2.45, 2.75) is 12.5 Å². The van der Waals surface area contributed by atoms with E-state index in [4.69, 9.17) is 10.2 Å². The second-order valence-corrected chi connectivity index (χ2v) is 4.11. The maximum atomic E-state index is 11.5. The normalized spacial score (nSPS) is 16.7. The van der Waals surface area contributed by atoms with Gasteiger partial charge in [-0.3, -0.25) is 14.5 Å². The minimum Gasteiger partial charge on any atom is -0.479 e. The van der Waals surface area contributed by atoms with Gasteiger partial charge < -0.3 is 20.4 Å². The van der Waals surface area contributed by atoms with E-state index in [0.29, 0.717) is 0 Å². The van der Waals surface area contributed by atoms with E-state index in [0.717, 1.165) is 4.90 Å². The van der Waals surface area contributed by atoms with Crippen LogP contribution in [-0.2, 0) is 14.4 Å². The molecule has 1 unspecified atom stereocenters. The molecular formula is C10H15N3O6. The molecule has 3 N–H and O–H groups in total. The fourth-order valence-electron chi connectivity index (χ4n) is 1.50. The van der Waals surface area contributed by atoms with Crippen LogP contribution in [0.4, 0.5) is 4.79 Å². The highest BCUT2D eigenvalue weighted by Crippen LogP contribution is 2.06. The largest absolute Gasteiger partial charge is 0.479 e. The number of carbonyl (C=O) groups is 4. The summed E-state index contributed by atoms with van der Waals surface area (Å²) in [4.78, 5) is 46.6. The fourth-order valence-corrected chi connectivity index (χ4v) is 1.50. The van der Waals surface area contributed by atoms with Gasteiger partial charge in [0.1, 0.15) is 13.1 Å². The highest BCUT2D eigenvalue weighted by atomic mass is 16.4. The van der Waals surface area contributed by atoms with E-state index >= 15 is 0 Å². The number of likely N-dealkylation sites (N-methyl/N-ethyl adjacent to an activating group) is 1. The first-order chi connectivity index (χ1) is 8.82. The van der Waals surface area contributed by atoms with E-state index in [9.17, 15) is 19.2 Å². The topological polar surface area (TPSA) is 127 Å². The van der Waals surface area contributed by atoms with Gasteiger partial charge in [0.25, 0.3) is 5.91 Å². The molecule has 0 spiro atoms. The highest BCUT2D eigenvalue weighted by molar-refractivity contribution is 6.04. The van der Waals surface area contributed by atoms with Crippen molar-refractivity contribution in [1.29, 1.82) is 0 Å². The van der Waals surface area contributed by atoms with Gasteiger partial charge in [0, 0.05) is 20.0 Å². The Morgan fingerprint density at radius 2 is 2.05 bits per heavy atom. The first kappa shape index (κ1) is 14.9. The molecule has 1 heterocycles. The van der Waals surface area contributed by atoms with E-state index < -0.39 is 36.5 Å². The first-order valence-electron chi connectivity index (χ1n) is 5.56. The number of aliphatic hydroxyl groups is 1. The van der Waals surface area contributed by atoms with E-state index in [1.54, 1.807) is 0 Å². The second-order valence-electron chi connectivity index (χ2n) is 4.11. The van der Waals surface area contributed by atoms with Gasteiger partial charge in [0.05, 0.1) is 0 Å². The number of amides is 4. The average molecular weight is 273 g/mol. The summed E-state index contributed by atoms with van der Waals surface area (Å²) in [5.41, 5.74) is 0. The Morgan fingerprint density at radius 3 is 2.53 bits per heavy atom. The molecule has 0 aromatic heterocycles. The molecule has 1 rings (SSSR count). The van der Waals surface area contributed by atoms with Crippen LogP contribution in [-0.4, -0.2) is 76.6 Å². The van der Waals surface area contributed by atoms with Crippen molar-refractivity contribution in [3.63, 3.8) is 0 Å². The van der Waals surface area contributed by atoms with Crippen LogP contribution in [0.3, 0.4) is 0 Å². The number of nitrogens with zero attached hydrogens (tertiary/aromatic N) is 2. The molecule has 0 aliphatic carbocycles. The summed E-state index contributed by atoms with van der Waals surface area (Å²) in [6, 6.07) is -0.550. The van der Waals surface area contributed by atoms with E-state index in [2.05, 4.69) is 5.32 Å². The molecule has 9 nitrogen and oxygen atoms in total. The molecule has 1 aliphatic rings. The number of aliphatic carboxylic acids is 1. The van der Waals surface area contributed by atoms with Crippen molar-refractivity contribution < 1.29 is 29.4 Å². The lowest BCUT2D eigenvalue weighted by molar-refractivity contribution is -0.147. The third-order valence-corrected chi connectivity index (χ3v) is 2.56. The number of nitrogens with one attached hydrogen (secondary N) is 1. The van der Waals surface area contributed by atoms with Gasteiger partial charge in [-0.05, 0) is 0 Å². The van der Waals surface area contributed by atoms with Crippen molar-refractivity contribution in [2.24, 2.45) is 0 Å². The molecule has 0 bridgehead atoms. The molecule has 0 radical (unpaired) electrons. The van der Waals surface area contributed by atoms with Gasteiger partial charge >= 0.3 is 12.0 Å². The predicted octanol–water partition coefficient (Wildman–Crippen LogP) is -2.17. The van der Waals surface area contributed by atoms with Gasteiger partial charge in [-0.15, -0.1) is 0 Å². The number of carbonyl (C=O) groups excluding carboxylic acids is 3. The molecule has 1 atom stereocenters. The third-order valence-electron chi connectivity index (χ3n) is 2.56. The lowest BCUT2D eigenvalue weighted by Crippen LogP contribution is -2.41. The van der Waals surface area contributed by atoms with Gasteiger partial charge in [-0.1, -0.05) is 0 Å². The Hall–Kier alpha value is -2.16. The Kier molecular flexibility index (Phi) is 4.81. The Labute approximate surface area is 108 Å². The van der Waals surface area contributed by atoms with Crippen LogP contribution in [0.1, 0.15) is 6.42 Å². The molecule has 0 aromatic carbocycles. The Balaban J connectivity index is 2.34. The van der Waals surface area contributed by atoms with Crippen LogP contribution in [0.25, 0.3) is 0 Å². The lowest BCUT2D eigenvalue weighted by atomic mass is 10.2.